The molecule has 0 aliphatic rings. The number of rotatable bonds is 7. The van der Waals surface area contributed by atoms with Crippen LogP contribution in [-0.2, 0) is 9.09 Å². The van der Waals surface area contributed by atoms with Crippen LogP contribution in [0.3, 0.4) is 0 Å². The van der Waals surface area contributed by atoms with Crippen LogP contribution in [0.25, 0.3) is 0 Å². The minimum atomic E-state index is -4.73. The third-order valence-corrected chi connectivity index (χ3v) is 2.34. The number of phosphoric ester groups is 1. The Hall–Kier alpha value is 2.59. The quantitative estimate of drug-likeness (QED) is 0.204. The van der Waals surface area contributed by atoms with E-state index in [1.807, 2.05) is 0 Å². The second-order valence-corrected chi connectivity index (χ2v) is 4.33. The van der Waals surface area contributed by atoms with E-state index in [0.717, 1.165) is 24.6 Å². The average Bonchev–Trinajstić information content (AvgIpc) is 1.94. The molecule has 0 N–H and O–H groups in total. The number of halogens is 1. The molecule has 0 heterocycles. The third-order valence-electron chi connectivity index (χ3n) is 1.28. The summed E-state index contributed by atoms with van der Waals surface area (Å²) in [4.78, 5) is 19.9. The van der Waals surface area contributed by atoms with Crippen LogP contribution in [0.5, 0.6) is 0 Å². The summed E-state index contributed by atoms with van der Waals surface area (Å²) in [7, 11) is -4.73. The molecule has 0 aromatic heterocycles. The standard InChI is InChI=1S/C6H14BrO4P.2Na/c7-5-3-1-2-4-6-11-12(8,9)10;;/h1-6H2,(H2,8,9,10);;/q;2*+1/p-2. The zero-order valence-corrected chi connectivity index (χ0v) is 15.2. The van der Waals surface area contributed by atoms with Gasteiger partial charge in [-0.2, -0.15) is 0 Å². The fourth-order valence-corrected chi connectivity index (χ4v) is 1.48. The Labute approximate surface area is 138 Å². The van der Waals surface area contributed by atoms with Crippen molar-refractivity contribution >= 4 is 23.8 Å². The minimum absolute atomic E-state index is 0. The van der Waals surface area contributed by atoms with Gasteiger partial charge in [0.1, 0.15) is 0 Å². The molecule has 0 aliphatic heterocycles. The molecular formula is C6H12BrNa2O4P. The predicted octanol–water partition coefficient (Wildman–Crippen LogP) is -5.20. The van der Waals surface area contributed by atoms with E-state index in [2.05, 4.69) is 20.5 Å². The number of alkyl halides is 1. The summed E-state index contributed by atoms with van der Waals surface area (Å²) in [6.45, 7) is 0.0204. The average molecular weight is 305 g/mol. The molecule has 0 amide bonds. The first kappa shape index (κ1) is 21.8. The van der Waals surface area contributed by atoms with Crippen LogP contribution in [0.1, 0.15) is 25.7 Å². The van der Waals surface area contributed by atoms with E-state index < -0.39 is 7.82 Å². The van der Waals surface area contributed by atoms with Gasteiger partial charge in [0.2, 0.25) is 0 Å². The fraction of sp³-hybridized carbons (Fsp3) is 1.00. The van der Waals surface area contributed by atoms with E-state index in [1.54, 1.807) is 0 Å². The molecule has 74 valence electrons. The zero-order chi connectivity index (χ0) is 9.45. The van der Waals surface area contributed by atoms with Gasteiger partial charge in [-0.05, 0) is 12.8 Å². The molecule has 8 heteroatoms. The van der Waals surface area contributed by atoms with Gasteiger partial charge < -0.3 is 18.9 Å². The summed E-state index contributed by atoms with van der Waals surface area (Å²) in [6, 6.07) is 0. The van der Waals surface area contributed by atoms with Crippen molar-refractivity contribution < 1.29 is 78.0 Å². The molecule has 0 saturated heterocycles. The van der Waals surface area contributed by atoms with Crippen molar-refractivity contribution in [2.24, 2.45) is 0 Å². The van der Waals surface area contributed by atoms with E-state index in [9.17, 15) is 14.4 Å². The largest absolute Gasteiger partial charge is 1.00 e. The second kappa shape index (κ2) is 13.7. The van der Waals surface area contributed by atoms with Crippen LogP contribution in [-0.4, -0.2) is 11.9 Å². The number of unbranched alkanes of at least 4 members (excludes halogenated alkanes) is 3. The van der Waals surface area contributed by atoms with Crippen molar-refractivity contribution in [2.75, 3.05) is 11.9 Å². The van der Waals surface area contributed by atoms with Crippen LogP contribution in [0.4, 0.5) is 0 Å². The van der Waals surface area contributed by atoms with Gasteiger partial charge in [0.15, 0.2) is 0 Å². The SMILES string of the molecule is O=P([O-])([O-])OCCCCCCBr.[Na+].[Na+]. The van der Waals surface area contributed by atoms with Crippen molar-refractivity contribution in [3.8, 4) is 0 Å². The van der Waals surface area contributed by atoms with Crippen LogP contribution < -0.4 is 68.9 Å². The van der Waals surface area contributed by atoms with Crippen molar-refractivity contribution in [3.05, 3.63) is 0 Å². The first-order valence-corrected chi connectivity index (χ1v) is 6.37. The summed E-state index contributed by atoms with van der Waals surface area (Å²) in [5.74, 6) is 0. The second-order valence-electron chi connectivity index (χ2n) is 2.38. The van der Waals surface area contributed by atoms with E-state index in [0.29, 0.717) is 6.42 Å². The molecule has 0 aliphatic carbocycles. The smallest absolute Gasteiger partial charge is 0.790 e. The molecule has 0 fully saturated rings. The Kier molecular flexibility index (Phi) is 21.3. The fourth-order valence-electron chi connectivity index (χ4n) is 0.726. The van der Waals surface area contributed by atoms with Crippen molar-refractivity contribution in [1.82, 2.24) is 0 Å². The van der Waals surface area contributed by atoms with Crippen molar-refractivity contribution in [2.45, 2.75) is 25.7 Å². The monoisotopic (exact) mass is 304 g/mol. The number of phosphoric acid groups is 1. The molecule has 0 atom stereocenters. The summed E-state index contributed by atoms with van der Waals surface area (Å²) < 4.78 is 14.0. The Morgan fingerprint density at radius 3 is 2.00 bits per heavy atom. The normalized spacial score (nSPS) is 10.2. The van der Waals surface area contributed by atoms with Gasteiger partial charge in [-0.3, -0.25) is 0 Å². The Bertz CT molecular complexity index is 155. The van der Waals surface area contributed by atoms with Crippen LogP contribution in [0, 0.1) is 0 Å². The van der Waals surface area contributed by atoms with Gasteiger partial charge in [-0.1, -0.05) is 28.8 Å². The first-order valence-electron chi connectivity index (χ1n) is 3.79. The van der Waals surface area contributed by atoms with Crippen LogP contribution in [0.2, 0.25) is 0 Å². The molecule has 0 unspecified atom stereocenters. The molecule has 0 aromatic rings. The molecule has 4 nitrogen and oxygen atoms in total. The number of hydrogen-bond acceptors (Lipinski definition) is 4. The molecule has 0 saturated carbocycles. The van der Waals surface area contributed by atoms with Crippen LogP contribution >= 0.6 is 23.8 Å². The molecule has 0 aromatic carbocycles. The maximum Gasteiger partial charge on any atom is 1.00 e. The van der Waals surface area contributed by atoms with Crippen molar-refractivity contribution in [3.63, 3.8) is 0 Å². The van der Waals surface area contributed by atoms with Gasteiger partial charge in [0.25, 0.3) is 0 Å². The number of hydrogen-bond donors (Lipinski definition) is 0. The van der Waals surface area contributed by atoms with Gasteiger partial charge in [-0.15, -0.1) is 0 Å². The Morgan fingerprint density at radius 1 is 1.07 bits per heavy atom. The Balaban J connectivity index is -0.000000605. The van der Waals surface area contributed by atoms with E-state index in [1.165, 1.54) is 0 Å². The van der Waals surface area contributed by atoms with E-state index >= 15 is 0 Å². The zero-order valence-electron chi connectivity index (χ0n) is 8.70. The predicted molar refractivity (Wildman–Crippen MR) is 45.8 cm³/mol. The topological polar surface area (TPSA) is 72.4 Å². The van der Waals surface area contributed by atoms with E-state index in [4.69, 9.17) is 0 Å². The molecule has 0 radical (unpaired) electrons. The maximum absolute atomic E-state index is 9.96. The van der Waals surface area contributed by atoms with Crippen LogP contribution in [0.15, 0.2) is 0 Å². The van der Waals surface area contributed by atoms with Gasteiger partial charge in [-0.25, -0.2) is 0 Å². The van der Waals surface area contributed by atoms with E-state index in [-0.39, 0.29) is 65.7 Å². The van der Waals surface area contributed by atoms with Gasteiger partial charge in [0.05, 0.1) is 14.4 Å². The summed E-state index contributed by atoms with van der Waals surface area (Å²) in [5, 5.41) is 0.954. The maximum atomic E-state index is 9.96. The van der Waals surface area contributed by atoms with Gasteiger partial charge >= 0.3 is 59.1 Å². The van der Waals surface area contributed by atoms with Crippen molar-refractivity contribution in [1.29, 1.82) is 0 Å². The summed E-state index contributed by atoms with van der Waals surface area (Å²) >= 11 is 3.27. The summed E-state index contributed by atoms with van der Waals surface area (Å²) in [6.07, 6.45) is 3.61. The third kappa shape index (κ3) is 20.1. The van der Waals surface area contributed by atoms with Gasteiger partial charge in [0, 0.05) is 5.33 Å². The first-order chi connectivity index (χ1) is 5.56. The molecule has 0 rings (SSSR count). The Morgan fingerprint density at radius 2 is 1.57 bits per heavy atom. The minimum Gasteiger partial charge on any atom is -0.790 e. The molecule has 0 spiro atoms. The molecule has 0 bridgehead atoms. The molecular weight excluding hydrogens is 293 g/mol. The summed E-state index contributed by atoms with van der Waals surface area (Å²) in [5.41, 5.74) is 0. The molecule has 14 heavy (non-hydrogen) atoms.